The van der Waals surface area contributed by atoms with Crippen LogP contribution in [-0.2, 0) is 19.5 Å². The summed E-state index contributed by atoms with van der Waals surface area (Å²) in [7, 11) is 0. The summed E-state index contributed by atoms with van der Waals surface area (Å²) in [6, 6.07) is 106. The van der Waals surface area contributed by atoms with Crippen molar-refractivity contribution in [2.24, 2.45) is 9.98 Å². The summed E-state index contributed by atoms with van der Waals surface area (Å²) >= 11 is 0. The van der Waals surface area contributed by atoms with Crippen molar-refractivity contribution in [2.45, 2.75) is 13.8 Å². The zero-order chi connectivity index (χ0) is 56.6. The number of aliphatic imine (C=N–C) groups is 2. The summed E-state index contributed by atoms with van der Waals surface area (Å²) in [5.74, 6) is 0. The Kier molecular flexibility index (Phi) is 16.5. The second kappa shape index (κ2) is 25.4. The van der Waals surface area contributed by atoms with Gasteiger partial charge in [-0.05, 0) is 92.8 Å². The maximum absolute atomic E-state index is 5.37. The van der Waals surface area contributed by atoms with Gasteiger partial charge in [0.15, 0.2) is 0 Å². The predicted octanol–water partition coefficient (Wildman–Crippen LogP) is 19.3. The van der Waals surface area contributed by atoms with Crippen molar-refractivity contribution in [3.05, 3.63) is 383 Å². The van der Waals surface area contributed by atoms with Crippen LogP contribution in [0, 0.1) is 13.8 Å². The Morgan fingerprint density at radius 2 is 0.541 bits per heavy atom. The zero-order valence-electron chi connectivity index (χ0n) is 47.5. The van der Waals surface area contributed by atoms with Crippen LogP contribution in [0.3, 0.4) is 0 Å². The molecular formula is C80H58N4Zn. The Morgan fingerprint density at radius 3 is 0.835 bits per heavy atom. The minimum absolute atomic E-state index is 0. The van der Waals surface area contributed by atoms with Crippen LogP contribution in [-0.4, -0.2) is 11.4 Å². The topological polar surface area (TPSA) is 52.9 Å². The van der Waals surface area contributed by atoms with Gasteiger partial charge in [-0.2, -0.15) is 0 Å². The molecule has 5 heteroatoms. The van der Waals surface area contributed by atoms with Crippen molar-refractivity contribution in [3.63, 3.8) is 0 Å². The van der Waals surface area contributed by atoms with Crippen molar-refractivity contribution in [2.75, 3.05) is 0 Å². The number of benzene rings is 10. The molecule has 0 atom stereocenters. The molecule has 10 aromatic carbocycles. The maximum Gasteiger partial charge on any atom is 2.00 e. The van der Waals surface area contributed by atoms with Gasteiger partial charge < -0.3 is 9.97 Å². The summed E-state index contributed by atoms with van der Waals surface area (Å²) < 4.78 is 0. The normalized spacial score (nSPS) is 13.8. The van der Waals surface area contributed by atoms with Crippen LogP contribution < -0.4 is 9.97 Å². The number of aryl methyl sites for hydroxylation is 2. The van der Waals surface area contributed by atoms with Crippen molar-refractivity contribution in [1.29, 1.82) is 0 Å². The number of nitrogens with zero attached hydrogens (tertiary/aromatic N) is 4. The molecule has 0 saturated heterocycles. The minimum Gasteiger partial charge on any atom is -0.656 e. The SMILES string of the molecule is Cc1ccc(/C(=C2/N=C(c3ccccc3)C=C2c2ccccc2)c2[n-]c(-c3ccccc3)cc2-c2ccccc2)cc1.Cc1ccc(/C(=C2/N=C(c3ccccc3)C=C2c2ccccc2)c2[n-]c(-c3ccccc3)cc2-c2ccccc2)cc1.[Zn+2]. The molecule has 2 aromatic heterocycles. The van der Waals surface area contributed by atoms with Gasteiger partial charge in [-0.15, -0.1) is 22.8 Å². The molecule has 0 fully saturated rings. The number of allylic oxidation sites excluding steroid dienone is 4. The minimum atomic E-state index is 0. The Morgan fingerprint density at radius 1 is 0.282 bits per heavy atom. The monoisotopic (exact) mass is 1140 g/mol. The third-order valence-corrected chi connectivity index (χ3v) is 15.3. The summed E-state index contributed by atoms with van der Waals surface area (Å²) in [6.45, 7) is 4.24. The van der Waals surface area contributed by atoms with E-state index in [1.807, 2.05) is 24.3 Å². The van der Waals surface area contributed by atoms with E-state index in [2.05, 4.69) is 305 Å². The van der Waals surface area contributed by atoms with E-state index >= 15 is 0 Å². The van der Waals surface area contributed by atoms with Gasteiger partial charge >= 0.3 is 19.5 Å². The molecule has 85 heavy (non-hydrogen) atoms. The van der Waals surface area contributed by atoms with Crippen LogP contribution >= 0.6 is 0 Å². The van der Waals surface area contributed by atoms with Gasteiger partial charge in [-0.25, -0.2) is 9.98 Å². The summed E-state index contributed by atoms with van der Waals surface area (Å²) in [6.07, 6.45) is 4.44. The van der Waals surface area contributed by atoms with Crippen molar-refractivity contribution in [3.8, 4) is 44.8 Å². The van der Waals surface area contributed by atoms with E-state index in [0.717, 1.165) is 135 Å². The van der Waals surface area contributed by atoms with E-state index in [9.17, 15) is 0 Å². The first-order chi connectivity index (χ1) is 41.5. The van der Waals surface area contributed by atoms with Crippen LogP contribution in [0.25, 0.3) is 67.1 Å². The van der Waals surface area contributed by atoms with Gasteiger partial charge in [0.1, 0.15) is 0 Å². The Hall–Kier alpha value is -10.3. The molecule has 12 aromatic rings. The average Bonchev–Trinajstić information content (AvgIpc) is 4.60. The molecule has 0 saturated carbocycles. The molecule has 0 bridgehead atoms. The smallest absolute Gasteiger partial charge is 0.656 e. The zero-order valence-corrected chi connectivity index (χ0v) is 50.5. The van der Waals surface area contributed by atoms with E-state index < -0.39 is 0 Å². The van der Waals surface area contributed by atoms with Gasteiger partial charge in [-0.3, -0.25) is 0 Å². The van der Waals surface area contributed by atoms with Gasteiger partial charge in [0.25, 0.3) is 0 Å². The number of hydrogen-bond donors (Lipinski definition) is 0. The molecule has 2 aliphatic heterocycles. The summed E-state index contributed by atoms with van der Waals surface area (Å²) in [5.41, 5.74) is 27.4. The van der Waals surface area contributed by atoms with Gasteiger partial charge in [0, 0.05) is 22.3 Å². The Balaban J connectivity index is 0.000000165. The van der Waals surface area contributed by atoms with E-state index in [-0.39, 0.29) is 19.5 Å². The fourth-order valence-corrected chi connectivity index (χ4v) is 11.0. The molecule has 0 radical (unpaired) electrons. The van der Waals surface area contributed by atoms with Gasteiger partial charge in [0.05, 0.1) is 22.8 Å². The number of rotatable bonds is 12. The average molecular weight is 1140 g/mol. The maximum atomic E-state index is 5.37. The summed E-state index contributed by atoms with van der Waals surface area (Å²) in [5, 5.41) is 0. The summed E-state index contributed by atoms with van der Waals surface area (Å²) in [4.78, 5) is 21.5. The first-order valence-electron chi connectivity index (χ1n) is 28.5. The number of aromatic nitrogens is 2. The van der Waals surface area contributed by atoms with Crippen molar-refractivity contribution >= 4 is 33.7 Å². The first-order valence-corrected chi connectivity index (χ1v) is 28.5. The molecule has 2 aliphatic rings. The van der Waals surface area contributed by atoms with Gasteiger partial charge in [0.2, 0.25) is 0 Å². The molecule has 0 aliphatic carbocycles. The van der Waals surface area contributed by atoms with Crippen LogP contribution in [0.4, 0.5) is 0 Å². The molecule has 0 spiro atoms. The first kappa shape index (κ1) is 55.2. The predicted molar refractivity (Wildman–Crippen MR) is 350 cm³/mol. The Bertz CT molecular complexity index is 4150. The van der Waals surface area contributed by atoms with Crippen molar-refractivity contribution in [1.82, 2.24) is 9.97 Å². The van der Waals surface area contributed by atoms with E-state index in [1.165, 1.54) is 11.1 Å². The van der Waals surface area contributed by atoms with Crippen LogP contribution in [0.1, 0.15) is 55.9 Å². The van der Waals surface area contributed by atoms with Crippen LogP contribution in [0.15, 0.2) is 337 Å². The molecule has 4 heterocycles. The fraction of sp³-hybridized carbons (Fsp3) is 0.0250. The van der Waals surface area contributed by atoms with Crippen LogP contribution in [0.2, 0.25) is 0 Å². The number of hydrogen-bond acceptors (Lipinski definition) is 2. The molecule has 14 rings (SSSR count). The third kappa shape index (κ3) is 12.0. The van der Waals surface area contributed by atoms with Crippen LogP contribution in [0.5, 0.6) is 0 Å². The van der Waals surface area contributed by atoms with E-state index in [1.54, 1.807) is 0 Å². The van der Waals surface area contributed by atoms with E-state index in [4.69, 9.17) is 20.0 Å². The van der Waals surface area contributed by atoms with Gasteiger partial charge in [-0.1, -0.05) is 314 Å². The van der Waals surface area contributed by atoms with Crippen molar-refractivity contribution < 1.29 is 19.5 Å². The quantitative estimate of drug-likeness (QED) is 0.114. The molecule has 400 valence electrons. The Labute approximate surface area is 511 Å². The molecule has 0 N–H and O–H groups in total. The standard InChI is InChI=1S/2C40H29N2.Zn/c2*1-28-22-24-33(25-23-28)38(39-34(29-14-6-2-7-15-29)26-36(41-39)31-18-10-4-11-19-31)40-35(30-16-8-3-9-17-30)27-37(42-40)32-20-12-5-13-21-32;/h2*2-27H,1H3;/q2*-1;+2/b2*39-38-;. The fourth-order valence-electron chi connectivity index (χ4n) is 11.0. The molecule has 0 unspecified atom stereocenters. The molecular weight excluding hydrogens is 1080 g/mol. The van der Waals surface area contributed by atoms with E-state index in [0.29, 0.717) is 0 Å². The largest absolute Gasteiger partial charge is 2.00 e. The second-order valence-electron chi connectivity index (χ2n) is 21.0. The molecule has 4 nitrogen and oxygen atoms in total. The second-order valence-corrected chi connectivity index (χ2v) is 21.0. The third-order valence-electron chi connectivity index (χ3n) is 15.3. The molecule has 0 amide bonds.